The van der Waals surface area contributed by atoms with Gasteiger partial charge in [0.05, 0.1) is 10.6 Å². The number of esters is 1. The van der Waals surface area contributed by atoms with Crippen LogP contribution in [-0.4, -0.2) is 31.8 Å². The Kier molecular flexibility index (Phi) is 5.37. The third-order valence-electron chi connectivity index (χ3n) is 4.45. The molecule has 2 aromatic carbocycles. The molecule has 0 unspecified atom stereocenters. The number of benzene rings is 2. The summed E-state index contributed by atoms with van der Waals surface area (Å²) in [5, 5.41) is 0.0977. The minimum atomic E-state index is -3.72. The molecule has 1 aliphatic heterocycles. The van der Waals surface area contributed by atoms with Gasteiger partial charge < -0.3 is 4.74 Å². The van der Waals surface area contributed by atoms with Crippen LogP contribution in [0.2, 0.25) is 5.02 Å². The van der Waals surface area contributed by atoms with Crippen molar-refractivity contribution < 1.29 is 17.9 Å². The van der Waals surface area contributed by atoms with Gasteiger partial charge in [-0.3, -0.25) is 0 Å². The van der Waals surface area contributed by atoms with Crippen molar-refractivity contribution in [1.29, 1.82) is 0 Å². The number of halogens is 1. The summed E-state index contributed by atoms with van der Waals surface area (Å²) in [6.45, 7) is 4.63. The van der Waals surface area contributed by atoms with E-state index in [1.807, 2.05) is 32.0 Å². The summed E-state index contributed by atoms with van der Waals surface area (Å²) in [5.41, 5.74) is 1.81. The zero-order chi connectivity index (χ0) is 18.9. The average Bonchev–Trinajstić information content (AvgIpc) is 3.14. The zero-order valence-corrected chi connectivity index (χ0v) is 16.2. The number of rotatable bonds is 4. The molecule has 5 nitrogen and oxygen atoms in total. The number of sulfonamides is 1. The van der Waals surface area contributed by atoms with Crippen molar-refractivity contribution in [1.82, 2.24) is 4.31 Å². The van der Waals surface area contributed by atoms with Crippen molar-refractivity contribution in [2.45, 2.75) is 31.6 Å². The van der Waals surface area contributed by atoms with Gasteiger partial charge >= 0.3 is 5.97 Å². The van der Waals surface area contributed by atoms with Crippen molar-refractivity contribution >= 4 is 27.6 Å². The summed E-state index contributed by atoms with van der Waals surface area (Å²) in [4.78, 5) is 12.5. The van der Waals surface area contributed by atoms with E-state index >= 15 is 0 Å². The summed E-state index contributed by atoms with van der Waals surface area (Å²) in [7, 11) is -3.72. The van der Waals surface area contributed by atoms with E-state index in [1.165, 1.54) is 22.5 Å². The zero-order valence-electron chi connectivity index (χ0n) is 14.7. The van der Waals surface area contributed by atoms with E-state index in [9.17, 15) is 13.2 Å². The van der Waals surface area contributed by atoms with E-state index in [-0.39, 0.29) is 15.5 Å². The molecule has 0 saturated carbocycles. The molecule has 1 aliphatic rings. The van der Waals surface area contributed by atoms with Gasteiger partial charge in [-0.05, 0) is 56.0 Å². The van der Waals surface area contributed by atoms with E-state index < -0.39 is 16.0 Å². The average molecular weight is 394 g/mol. The number of carbonyl (C=O) groups excluding carboxylic acids is 1. The molecule has 0 bridgehead atoms. The summed E-state index contributed by atoms with van der Waals surface area (Å²) < 4.78 is 32.5. The van der Waals surface area contributed by atoms with Crippen LogP contribution >= 0.6 is 11.6 Å². The van der Waals surface area contributed by atoms with Gasteiger partial charge in [0.25, 0.3) is 0 Å². The Morgan fingerprint density at radius 3 is 2.31 bits per heavy atom. The summed E-state index contributed by atoms with van der Waals surface area (Å²) in [5.74, 6) is -0.131. The maximum Gasteiger partial charge on any atom is 0.343 e. The number of para-hydroxylation sites is 1. The molecular weight excluding hydrogens is 374 g/mol. The molecule has 0 amide bonds. The van der Waals surface area contributed by atoms with Gasteiger partial charge in [-0.2, -0.15) is 4.31 Å². The van der Waals surface area contributed by atoms with Crippen LogP contribution in [0.15, 0.2) is 41.3 Å². The fourth-order valence-electron chi connectivity index (χ4n) is 3.01. The van der Waals surface area contributed by atoms with Crippen LogP contribution in [0, 0.1) is 13.8 Å². The van der Waals surface area contributed by atoms with E-state index in [4.69, 9.17) is 16.3 Å². The SMILES string of the molecule is Cc1cccc(C)c1OC(=O)c1ccc(Cl)c(S(=O)(=O)N2CCCC2)c1. The fourth-order valence-corrected chi connectivity index (χ4v) is 5.02. The van der Waals surface area contributed by atoms with Gasteiger partial charge in [-0.25, -0.2) is 13.2 Å². The summed E-state index contributed by atoms with van der Waals surface area (Å²) >= 11 is 6.12. The highest BCUT2D eigenvalue weighted by atomic mass is 35.5. The van der Waals surface area contributed by atoms with Gasteiger partial charge in [-0.15, -0.1) is 0 Å². The minimum absolute atomic E-state index is 0.0583. The second-order valence-electron chi connectivity index (χ2n) is 6.37. The monoisotopic (exact) mass is 393 g/mol. The molecule has 3 rings (SSSR count). The van der Waals surface area contributed by atoms with Crippen LogP contribution in [-0.2, 0) is 10.0 Å². The smallest absolute Gasteiger partial charge is 0.343 e. The maximum absolute atomic E-state index is 12.8. The first kappa shape index (κ1) is 18.9. The van der Waals surface area contributed by atoms with Crippen LogP contribution in [0.1, 0.15) is 34.3 Å². The first-order valence-electron chi connectivity index (χ1n) is 8.39. The highest BCUT2D eigenvalue weighted by Gasteiger charge is 2.30. The number of ether oxygens (including phenoxy) is 1. The predicted molar refractivity (Wildman–Crippen MR) is 100 cm³/mol. The highest BCUT2D eigenvalue weighted by molar-refractivity contribution is 7.89. The van der Waals surface area contributed by atoms with Gasteiger partial charge in [0, 0.05) is 13.1 Å². The molecule has 0 spiro atoms. The molecule has 0 N–H and O–H groups in total. The Labute approximate surface area is 158 Å². The molecule has 0 radical (unpaired) electrons. The van der Waals surface area contributed by atoms with Gasteiger partial charge in [0.1, 0.15) is 10.6 Å². The quantitative estimate of drug-likeness (QED) is 0.582. The number of aryl methyl sites for hydroxylation is 2. The standard InChI is InChI=1S/C19H20ClNO4S/c1-13-6-5-7-14(2)18(13)25-19(22)15-8-9-16(20)17(12-15)26(23,24)21-10-3-4-11-21/h5-9,12H,3-4,10-11H2,1-2H3. The van der Waals surface area contributed by atoms with Crippen molar-refractivity contribution in [3.8, 4) is 5.75 Å². The van der Waals surface area contributed by atoms with Gasteiger partial charge in [-0.1, -0.05) is 29.8 Å². The second-order valence-corrected chi connectivity index (χ2v) is 8.68. The third-order valence-corrected chi connectivity index (χ3v) is 6.83. The molecule has 0 atom stereocenters. The number of carbonyl (C=O) groups is 1. The minimum Gasteiger partial charge on any atom is -0.422 e. The van der Waals surface area contributed by atoms with Gasteiger partial charge in [0.2, 0.25) is 10.0 Å². The molecule has 1 heterocycles. The lowest BCUT2D eigenvalue weighted by Gasteiger charge is -2.17. The normalized spacial score (nSPS) is 15.2. The molecule has 26 heavy (non-hydrogen) atoms. The molecule has 138 valence electrons. The largest absolute Gasteiger partial charge is 0.422 e. The van der Waals surface area contributed by atoms with Gasteiger partial charge in [0.15, 0.2) is 0 Å². The van der Waals surface area contributed by atoms with Crippen molar-refractivity contribution in [2.24, 2.45) is 0 Å². The Balaban J connectivity index is 1.93. The fraction of sp³-hybridized carbons (Fsp3) is 0.316. The Bertz CT molecular complexity index is 930. The lowest BCUT2D eigenvalue weighted by molar-refractivity contribution is 0.0732. The molecule has 2 aromatic rings. The Morgan fingerprint density at radius 2 is 1.69 bits per heavy atom. The number of hydrogen-bond acceptors (Lipinski definition) is 4. The van der Waals surface area contributed by atoms with Crippen LogP contribution in [0.25, 0.3) is 0 Å². The van der Waals surface area contributed by atoms with E-state index in [0.717, 1.165) is 24.0 Å². The topological polar surface area (TPSA) is 63.7 Å². The molecular formula is C19H20ClNO4S. The molecule has 0 aliphatic carbocycles. The van der Waals surface area contributed by atoms with Crippen molar-refractivity contribution in [3.63, 3.8) is 0 Å². The molecule has 0 aromatic heterocycles. The molecule has 1 saturated heterocycles. The number of hydrogen-bond donors (Lipinski definition) is 0. The van der Waals surface area contributed by atoms with Crippen LogP contribution in [0.4, 0.5) is 0 Å². The number of nitrogens with zero attached hydrogens (tertiary/aromatic N) is 1. The van der Waals surface area contributed by atoms with E-state index in [0.29, 0.717) is 18.8 Å². The van der Waals surface area contributed by atoms with Crippen LogP contribution in [0.3, 0.4) is 0 Å². The second kappa shape index (κ2) is 7.39. The maximum atomic E-state index is 12.8. The lowest BCUT2D eigenvalue weighted by Crippen LogP contribution is -2.28. The Morgan fingerprint density at radius 1 is 1.08 bits per heavy atom. The molecule has 1 fully saturated rings. The van der Waals surface area contributed by atoms with Crippen molar-refractivity contribution in [3.05, 3.63) is 58.1 Å². The lowest BCUT2D eigenvalue weighted by atomic mass is 10.1. The first-order chi connectivity index (χ1) is 12.3. The highest BCUT2D eigenvalue weighted by Crippen LogP contribution is 2.29. The first-order valence-corrected chi connectivity index (χ1v) is 10.2. The predicted octanol–water partition coefficient (Wildman–Crippen LogP) is 3.96. The Hall–Kier alpha value is -1.89. The van der Waals surface area contributed by atoms with E-state index in [1.54, 1.807) is 0 Å². The van der Waals surface area contributed by atoms with Crippen molar-refractivity contribution in [2.75, 3.05) is 13.1 Å². The van der Waals surface area contributed by atoms with Crippen LogP contribution in [0.5, 0.6) is 5.75 Å². The summed E-state index contributed by atoms with van der Waals surface area (Å²) in [6, 6.07) is 9.77. The molecule has 7 heteroatoms. The summed E-state index contributed by atoms with van der Waals surface area (Å²) in [6.07, 6.45) is 1.65. The van der Waals surface area contributed by atoms with E-state index in [2.05, 4.69) is 0 Å². The van der Waals surface area contributed by atoms with Crippen LogP contribution < -0.4 is 4.74 Å². The third kappa shape index (κ3) is 3.63.